The van der Waals surface area contributed by atoms with Crippen LogP contribution in [0.4, 0.5) is 0 Å². The van der Waals surface area contributed by atoms with Crippen LogP contribution in [0.25, 0.3) is 11.3 Å². The maximum absolute atomic E-state index is 11.1. The number of aryl methyl sites for hydroxylation is 1. The van der Waals surface area contributed by atoms with Crippen molar-refractivity contribution in [2.24, 2.45) is 7.05 Å². The summed E-state index contributed by atoms with van der Waals surface area (Å²) in [5.74, 6) is -1.39. The lowest BCUT2D eigenvalue weighted by Crippen LogP contribution is -2.05. The van der Waals surface area contributed by atoms with E-state index in [9.17, 15) is 9.90 Å². The van der Waals surface area contributed by atoms with Gasteiger partial charge in [0.2, 0.25) is 5.88 Å². The number of benzene rings is 1. The highest BCUT2D eigenvalue weighted by molar-refractivity contribution is 6.30. The Morgan fingerprint density at radius 2 is 2.04 bits per heavy atom. The summed E-state index contributed by atoms with van der Waals surface area (Å²) in [5.41, 5.74) is 1.39. The zero-order valence-electron chi connectivity index (χ0n) is 13.3. The predicted octanol–water partition coefficient (Wildman–Crippen LogP) is 3.27. The molecule has 0 bridgehead atoms. The van der Waals surface area contributed by atoms with Gasteiger partial charge >= 0.3 is 11.9 Å². The Morgan fingerprint density at radius 1 is 1.36 bits per heavy atom. The number of aromatic carboxylic acids is 1. The third kappa shape index (κ3) is 3.29. The Balaban J connectivity index is 1.91. The molecule has 0 spiro atoms. The van der Waals surface area contributed by atoms with Gasteiger partial charge in [0.1, 0.15) is 23.1 Å². The molecule has 3 aromatic rings. The van der Waals surface area contributed by atoms with Crippen LogP contribution in [0.3, 0.4) is 0 Å². The molecule has 0 fully saturated rings. The van der Waals surface area contributed by atoms with Crippen LogP contribution in [0, 0.1) is 0 Å². The lowest BCUT2D eigenvalue weighted by Gasteiger charge is -2.12. The number of hydrogen-bond donors (Lipinski definition) is 2. The van der Waals surface area contributed by atoms with Gasteiger partial charge in [-0.2, -0.15) is 0 Å². The molecule has 2 heterocycles. The van der Waals surface area contributed by atoms with E-state index in [1.807, 2.05) is 0 Å². The van der Waals surface area contributed by atoms with Gasteiger partial charge in [0.05, 0.1) is 0 Å². The minimum atomic E-state index is -1.12. The Morgan fingerprint density at radius 3 is 2.64 bits per heavy atom. The Kier molecular flexibility index (Phi) is 4.37. The van der Waals surface area contributed by atoms with Gasteiger partial charge < -0.3 is 19.5 Å². The molecule has 0 aliphatic rings. The molecule has 3 rings (SSSR count). The fraction of sp³-hybridized carbons (Fsp3) is 0.188. The first-order chi connectivity index (χ1) is 11.9. The van der Waals surface area contributed by atoms with E-state index in [1.54, 1.807) is 31.2 Å². The van der Waals surface area contributed by atoms with Crippen LogP contribution in [-0.4, -0.2) is 31.1 Å². The summed E-state index contributed by atoms with van der Waals surface area (Å²) in [7, 11) is 1.50. The van der Waals surface area contributed by atoms with E-state index in [0.717, 1.165) is 0 Å². The zero-order valence-corrected chi connectivity index (χ0v) is 14.1. The average Bonchev–Trinajstić information content (AvgIpc) is 3.11. The van der Waals surface area contributed by atoms with E-state index in [1.165, 1.54) is 17.8 Å². The lowest BCUT2D eigenvalue weighted by molar-refractivity contribution is 0.0685. The number of aromatic nitrogens is 3. The summed E-state index contributed by atoms with van der Waals surface area (Å²) in [6.45, 7) is 1.67. The minimum Gasteiger partial charge on any atom is -0.479 e. The van der Waals surface area contributed by atoms with Crippen LogP contribution in [0.15, 0.2) is 34.9 Å². The van der Waals surface area contributed by atoms with Crippen molar-refractivity contribution in [1.82, 2.24) is 14.9 Å². The summed E-state index contributed by atoms with van der Waals surface area (Å²) in [6.07, 6.45) is -0.687. The molecule has 130 valence electrons. The van der Waals surface area contributed by atoms with Gasteiger partial charge in [-0.15, -0.1) is 5.10 Å². The Hall–Kier alpha value is -3.00. The molecular formula is C16H14ClN3O5. The van der Waals surface area contributed by atoms with Gasteiger partial charge in [0.15, 0.2) is 0 Å². The van der Waals surface area contributed by atoms with E-state index in [4.69, 9.17) is 26.0 Å². The maximum Gasteiger partial charge on any atom is 0.354 e. The highest BCUT2D eigenvalue weighted by Crippen LogP contribution is 2.36. The van der Waals surface area contributed by atoms with E-state index < -0.39 is 12.1 Å². The minimum absolute atomic E-state index is 0.0188. The average molecular weight is 364 g/mol. The molecule has 2 N–H and O–H groups in total. The summed E-state index contributed by atoms with van der Waals surface area (Å²) in [5, 5.41) is 27.5. The molecule has 25 heavy (non-hydrogen) atoms. The Labute approximate surface area is 147 Å². The largest absolute Gasteiger partial charge is 0.479 e. The third-order valence-corrected chi connectivity index (χ3v) is 3.86. The van der Waals surface area contributed by atoms with E-state index in [0.29, 0.717) is 21.8 Å². The number of rotatable bonds is 5. The van der Waals surface area contributed by atoms with Crippen LogP contribution < -0.4 is 4.74 Å². The molecular weight excluding hydrogens is 350 g/mol. The highest BCUT2D eigenvalue weighted by atomic mass is 35.5. The number of carboxylic acid groups (broad SMARTS) is 1. The van der Waals surface area contributed by atoms with E-state index in [2.05, 4.69) is 10.3 Å². The number of halogens is 1. The second-order valence-corrected chi connectivity index (χ2v) is 5.75. The molecule has 8 nitrogen and oxygen atoms in total. The first-order valence-corrected chi connectivity index (χ1v) is 7.63. The van der Waals surface area contributed by atoms with Crippen LogP contribution >= 0.6 is 11.6 Å². The van der Waals surface area contributed by atoms with E-state index in [-0.39, 0.29) is 17.5 Å². The molecule has 1 atom stereocenters. The van der Waals surface area contributed by atoms with Gasteiger partial charge in [-0.05, 0) is 19.1 Å². The van der Waals surface area contributed by atoms with Crippen molar-refractivity contribution in [3.05, 3.63) is 46.6 Å². The summed E-state index contributed by atoms with van der Waals surface area (Å²) >= 11 is 5.88. The van der Waals surface area contributed by atoms with Crippen molar-refractivity contribution in [1.29, 1.82) is 0 Å². The SMILES string of the molecule is CC(Oc1cc(C(=O)O)n(C)n1)c1c(-c2ccc(Cl)cc2)noc1O. The van der Waals surface area contributed by atoms with Gasteiger partial charge in [0.25, 0.3) is 0 Å². The zero-order chi connectivity index (χ0) is 18.1. The standard InChI is InChI=1S/C16H14ClN3O5/c1-8(24-12-7-11(15(21)22)20(2)18-12)13-14(19-25-16(13)23)9-3-5-10(17)6-4-9/h3-8,23H,1-2H3,(H,21,22). The number of ether oxygens (including phenoxy) is 1. The van der Waals surface area contributed by atoms with Crippen molar-refractivity contribution in [2.45, 2.75) is 13.0 Å². The molecule has 0 aliphatic carbocycles. The molecule has 9 heteroatoms. The van der Waals surface area contributed by atoms with Crippen LogP contribution in [0.2, 0.25) is 5.02 Å². The van der Waals surface area contributed by atoms with Crippen LogP contribution in [-0.2, 0) is 7.05 Å². The second-order valence-electron chi connectivity index (χ2n) is 5.31. The smallest absolute Gasteiger partial charge is 0.354 e. The van der Waals surface area contributed by atoms with Crippen LogP contribution in [0.1, 0.15) is 29.1 Å². The molecule has 0 radical (unpaired) electrons. The summed E-state index contributed by atoms with van der Waals surface area (Å²) in [4.78, 5) is 11.1. The highest BCUT2D eigenvalue weighted by Gasteiger charge is 2.25. The summed E-state index contributed by atoms with van der Waals surface area (Å²) in [6, 6.07) is 8.15. The van der Waals surface area contributed by atoms with Crippen LogP contribution in [0.5, 0.6) is 11.8 Å². The van der Waals surface area contributed by atoms with Crippen molar-refractivity contribution < 1.29 is 24.3 Å². The quantitative estimate of drug-likeness (QED) is 0.715. The second kappa shape index (κ2) is 6.48. The van der Waals surface area contributed by atoms with E-state index >= 15 is 0 Å². The molecule has 1 unspecified atom stereocenters. The number of carboxylic acids is 1. The fourth-order valence-electron chi connectivity index (χ4n) is 2.41. The van der Waals surface area contributed by atoms with Gasteiger partial charge in [-0.3, -0.25) is 4.68 Å². The molecule has 0 saturated carbocycles. The predicted molar refractivity (Wildman–Crippen MR) is 87.8 cm³/mol. The van der Waals surface area contributed by atoms with Gasteiger partial charge in [-0.25, -0.2) is 4.79 Å². The monoisotopic (exact) mass is 363 g/mol. The normalized spacial score (nSPS) is 12.1. The number of hydrogen-bond acceptors (Lipinski definition) is 6. The maximum atomic E-state index is 11.1. The molecule has 1 aromatic carbocycles. The van der Waals surface area contributed by atoms with Crippen molar-refractivity contribution in [3.63, 3.8) is 0 Å². The third-order valence-electron chi connectivity index (χ3n) is 3.61. The Bertz CT molecular complexity index is 917. The number of aromatic hydroxyl groups is 1. The first kappa shape index (κ1) is 16.8. The number of carbonyl (C=O) groups is 1. The number of nitrogens with zero attached hydrogens (tertiary/aromatic N) is 3. The lowest BCUT2D eigenvalue weighted by atomic mass is 10.0. The summed E-state index contributed by atoms with van der Waals surface area (Å²) < 4.78 is 11.7. The van der Waals surface area contributed by atoms with Crippen molar-refractivity contribution in [3.8, 4) is 23.1 Å². The molecule has 0 aliphatic heterocycles. The first-order valence-electron chi connectivity index (χ1n) is 7.25. The van der Waals surface area contributed by atoms with Gasteiger partial charge in [0, 0.05) is 23.7 Å². The molecule has 0 saturated heterocycles. The molecule has 2 aromatic heterocycles. The molecule has 0 amide bonds. The topological polar surface area (TPSA) is 111 Å². The van der Waals surface area contributed by atoms with Gasteiger partial charge in [-0.1, -0.05) is 28.9 Å². The fourth-order valence-corrected chi connectivity index (χ4v) is 2.54. The van der Waals surface area contributed by atoms with Crippen molar-refractivity contribution >= 4 is 17.6 Å². The van der Waals surface area contributed by atoms with Crippen molar-refractivity contribution in [2.75, 3.05) is 0 Å².